The molecule has 0 spiro atoms. The van der Waals surface area contributed by atoms with Gasteiger partial charge >= 0.3 is 0 Å². The molecular formula is C12H17FN2O2. The molecule has 0 aromatic heterocycles. The summed E-state index contributed by atoms with van der Waals surface area (Å²) in [5, 5.41) is 14.2. The molecule has 0 bridgehead atoms. The first-order valence-corrected chi connectivity index (χ1v) is 5.59. The Morgan fingerprint density at radius 1 is 1.24 bits per heavy atom. The highest BCUT2D eigenvalue weighted by atomic mass is 19.1. The molecule has 5 heteroatoms. The van der Waals surface area contributed by atoms with Crippen molar-refractivity contribution in [3.8, 4) is 0 Å². The van der Waals surface area contributed by atoms with Gasteiger partial charge in [0.15, 0.2) is 0 Å². The molecule has 0 radical (unpaired) electrons. The van der Waals surface area contributed by atoms with Gasteiger partial charge in [-0.25, -0.2) is 4.39 Å². The van der Waals surface area contributed by atoms with Crippen molar-refractivity contribution in [1.82, 2.24) is 5.32 Å². The minimum atomic E-state index is -0.329. The average molecular weight is 240 g/mol. The molecule has 0 unspecified atom stereocenters. The van der Waals surface area contributed by atoms with E-state index in [0.29, 0.717) is 12.2 Å². The fraction of sp³-hybridized carbons (Fsp3) is 0.417. The van der Waals surface area contributed by atoms with E-state index in [0.717, 1.165) is 12.8 Å². The lowest BCUT2D eigenvalue weighted by atomic mass is 10.3. The first kappa shape index (κ1) is 13.6. The van der Waals surface area contributed by atoms with Crippen molar-refractivity contribution >= 4 is 11.6 Å². The number of aliphatic hydroxyl groups is 1. The van der Waals surface area contributed by atoms with Crippen molar-refractivity contribution in [2.75, 3.05) is 25.0 Å². The summed E-state index contributed by atoms with van der Waals surface area (Å²) in [5.74, 6) is -0.495. The molecule has 0 aliphatic carbocycles. The van der Waals surface area contributed by atoms with E-state index in [-0.39, 0.29) is 24.9 Å². The second-order valence-corrected chi connectivity index (χ2v) is 3.66. The average Bonchev–Trinajstić information content (AvgIpc) is 2.32. The Balaban J connectivity index is 2.18. The molecule has 1 aromatic carbocycles. The lowest BCUT2D eigenvalue weighted by Gasteiger charge is -2.06. The van der Waals surface area contributed by atoms with Crippen molar-refractivity contribution in [2.45, 2.75) is 12.8 Å². The highest BCUT2D eigenvalue weighted by Crippen LogP contribution is 2.07. The van der Waals surface area contributed by atoms with Gasteiger partial charge in [-0.1, -0.05) is 0 Å². The van der Waals surface area contributed by atoms with Crippen LogP contribution in [0.2, 0.25) is 0 Å². The number of hydrogen-bond acceptors (Lipinski definition) is 3. The van der Waals surface area contributed by atoms with Gasteiger partial charge in [-0.3, -0.25) is 4.79 Å². The van der Waals surface area contributed by atoms with Crippen LogP contribution in [0, 0.1) is 5.82 Å². The molecule has 0 atom stereocenters. The van der Waals surface area contributed by atoms with Gasteiger partial charge in [0.25, 0.3) is 0 Å². The van der Waals surface area contributed by atoms with Crippen LogP contribution in [0.3, 0.4) is 0 Å². The van der Waals surface area contributed by atoms with E-state index in [9.17, 15) is 9.18 Å². The molecule has 0 aliphatic heterocycles. The normalized spacial score (nSPS) is 10.2. The second-order valence-electron chi connectivity index (χ2n) is 3.66. The van der Waals surface area contributed by atoms with Gasteiger partial charge in [0.2, 0.25) is 5.91 Å². The molecule has 3 N–H and O–H groups in total. The molecule has 17 heavy (non-hydrogen) atoms. The molecular weight excluding hydrogens is 223 g/mol. The lowest BCUT2D eigenvalue weighted by molar-refractivity contribution is -0.115. The van der Waals surface area contributed by atoms with Crippen LogP contribution in [0.25, 0.3) is 0 Å². The van der Waals surface area contributed by atoms with Gasteiger partial charge in [0, 0.05) is 12.3 Å². The van der Waals surface area contributed by atoms with Crippen molar-refractivity contribution in [1.29, 1.82) is 0 Å². The number of hydrogen-bond donors (Lipinski definition) is 3. The highest BCUT2D eigenvalue weighted by molar-refractivity contribution is 5.92. The Bertz CT molecular complexity index is 341. The molecule has 0 fully saturated rings. The van der Waals surface area contributed by atoms with Gasteiger partial charge < -0.3 is 15.7 Å². The standard InChI is InChI=1S/C12H17FN2O2/c13-10-3-5-11(6-4-10)15-12(17)9-14-7-1-2-8-16/h3-6,14,16H,1-2,7-9H2,(H,15,17). The summed E-state index contributed by atoms with van der Waals surface area (Å²) in [6.07, 6.45) is 1.56. The predicted molar refractivity (Wildman–Crippen MR) is 64.2 cm³/mol. The van der Waals surface area contributed by atoms with E-state index in [1.165, 1.54) is 24.3 Å². The number of halogens is 1. The molecule has 1 amide bonds. The quantitative estimate of drug-likeness (QED) is 0.626. The molecule has 94 valence electrons. The Morgan fingerprint density at radius 2 is 1.94 bits per heavy atom. The molecule has 0 saturated heterocycles. The van der Waals surface area contributed by atoms with Crippen LogP contribution in [0.1, 0.15) is 12.8 Å². The maximum absolute atomic E-state index is 12.6. The molecule has 0 heterocycles. The van der Waals surface area contributed by atoms with Crippen molar-refractivity contribution in [3.05, 3.63) is 30.1 Å². The summed E-state index contributed by atoms with van der Waals surface area (Å²) in [6.45, 7) is 1.07. The number of aliphatic hydroxyl groups excluding tert-OH is 1. The van der Waals surface area contributed by atoms with Crippen LogP contribution in [0.15, 0.2) is 24.3 Å². The molecule has 1 rings (SSSR count). The van der Waals surface area contributed by atoms with E-state index in [1.807, 2.05) is 0 Å². The van der Waals surface area contributed by atoms with Crippen LogP contribution < -0.4 is 10.6 Å². The van der Waals surface area contributed by atoms with Crippen LogP contribution >= 0.6 is 0 Å². The van der Waals surface area contributed by atoms with Crippen LogP contribution in [0.4, 0.5) is 10.1 Å². The molecule has 1 aromatic rings. The number of anilines is 1. The van der Waals surface area contributed by atoms with Crippen molar-refractivity contribution in [2.24, 2.45) is 0 Å². The maximum Gasteiger partial charge on any atom is 0.238 e. The fourth-order valence-corrected chi connectivity index (χ4v) is 1.30. The molecule has 0 saturated carbocycles. The zero-order valence-corrected chi connectivity index (χ0v) is 9.58. The largest absolute Gasteiger partial charge is 0.396 e. The highest BCUT2D eigenvalue weighted by Gasteiger charge is 2.01. The summed E-state index contributed by atoms with van der Waals surface area (Å²) in [7, 11) is 0. The first-order chi connectivity index (χ1) is 8.22. The summed E-state index contributed by atoms with van der Waals surface area (Å²) in [6, 6.07) is 5.62. The van der Waals surface area contributed by atoms with Gasteiger partial charge in [0.05, 0.1) is 6.54 Å². The fourth-order valence-electron chi connectivity index (χ4n) is 1.30. The third-order valence-corrected chi connectivity index (χ3v) is 2.18. The third-order valence-electron chi connectivity index (χ3n) is 2.18. The van der Waals surface area contributed by atoms with E-state index >= 15 is 0 Å². The van der Waals surface area contributed by atoms with Crippen molar-refractivity contribution in [3.63, 3.8) is 0 Å². The van der Waals surface area contributed by atoms with Crippen LogP contribution in [-0.2, 0) is 4.79 Å². The monoisotopic (exact) mass is 240 g/mol. The lowest BCUT2D eigenvalue weighted by Crippen LogP contribution is -2.28. The Kier molecular flexibility index (Phi) is 6.21. The maximum atomic E-state index is 12.6. The van der Waals surface area contributed by atoms with Gasteiger partial charge in [-0.2, -0.15) is 0 Å². The smallest absolute Gasteiger partial charge is 0.238 e. The number of rotatable bonds is 7. The van der Waals surface area contributed by atoms with E-state index < -0.39 is 0 Å². The van der Waals surface area contributed by atoms with Gasteiger partial charge in [0.1, 0.15) is 5.82 Å². The van der Waals surface area contributed by atoms with Crippen LogP contribution in [0.5, 0.6) is 0 Å². The molecule has 0 aliphatic rings. The summed E-state index contributed by atoms with van der Waals surface area (Å²) in [4.78, 5) is 11.4. The molecule has 4 nitrogen and oxygen atoms in total. The zero-order valence-electron chi connectivity index (χ0n) is 9.58. The summed E-state index contributed by atoms with van der Waals surface area (Å²) in [5.41, 5.74) is 0.577. The van der Waals surface area contributed by atoms with E-state index in [1.54, 1.807) is 0 Å². The minimum Gasteiger partial charge on any atom is -0.396 e. The Morgan fingerprint density at radius 3 is 2.59 bits per heavy atom. The van der Waals surface area contributed by atoms with Crippen LogP contribution in [-0.4, -0.2) is 30.7 Å². The first-order valence-electron chi connectivity index (χ1n) is 5.59. The Labute approximate surface area is 99.8 Å². The number of amides is 1. The minimum absolute atomic E-state index is 0.166. The topological polar surface area (TPSA) is 61.4 Å². The predicted octanol–water partition coefficient (Wildman–Crippen LogP) is 1.13. The van der Waals surface area contributed by atoms with Crippen molar-refractivity contribution < 1.29 is 14.3 Å². The van der Waals surface area contributed by atoms with Gasteiger partial charge in [-0.15, -0.1) is 0 Å². The summed E-state index contributed by atoms with van der Waals surface area (Å²) < 4.78 is 12.6. The number of carbonyl (C=O) groups is 1. The third kappa shape index (κ3) is 5.99. The SMILES string of the molecule is O=C(CNCCCCO)Nc1ccc(F)cc1. The summed E-state index contributed by atoms with van der Waals surface area (Å²) >= 11 is 0. The number of benzene rings is 1. The van der Waals surface area contributed by atoms with E-state index in [4.69, 9.17) is 5.11 Å². The van der Waals surface area contributed by atoms with Gasteiger partial charge in [-0.05, 0) is 43.7 Å². The van der Waals surface area contributed by atoms with E-state index in [2.05, 4.69) is 10.6 Å². The Hall–Kier alpha value is -1.46. The number of carbonyl (C=O) groups excluding carboxylic acids is 1. The number of unbranched alkanes of at least 4 members (excludes halogenated alkanes) is 1. The zero-order chi connectivity index (χ0) is 12.5. The second kappa shape index (κ2) is 7.76. The number of nitrogens with one attached hydrogen (secondary N) is 2.